The van der Waals surface area contributed by atoms with Crippen LogP contribution >= 0.6 is 0 Å². The lowest BCUT2D eigenvalue weighted by Gasteiger charge is -2.46. The first kappa shape index (κ1) is 14.5. The Kier molecular flexibility index (Phi) is 4.23. The molecule has 0 bridgehead atoms. The topological polar surface area (TPSA) is 49.3 Å². The third-order valence-electron chi connectivity index (χ3n) is 3.56. The second-order valence-corrected chi connectivity index (χ2v) is 7.28. The molecule has 2 N–H and O–H groups in total. The van der Waals surface area contributed by atoms with E-state index in [-0.39, 0.29) is 12.5 Å². The summed E-state index contributed by atoms with van der Waals surface area (Å²) in [6.07, 6.45) is 3.73. The van der Waals surface area contributed by atoms with Crippen molar-refractivity contribution >= 4 is 5.97 Å². The summed E-state index contributed by atoms with van der Waals surface area (Å²) in [7, 11) is 0. The summed E-state index contributed by atoms with van der Waals surface area (Å²) < 4.78 is 0. The highest BCUT2D eigenvalue weighted by molar-refractivity contribution is 5.67. The molecule has 1 fully saturated rings. The third-order valence-corrected chi connectivity index (χ3v) is 3.56. The Balaban J connectivity index is 2.56. The van der Waals surface area contributed by atoms with Crippen LogP contribution in [-0.2, 0) is 4.79 Å². The van der Waals surface area contributed by atoms with Gasteiger partial charge in [-0.05, 0) is 37.0 Å². The number of aliphatic carboxylic acids is 1. The van der Waals surface area contributed by atoms with E-state index < -0.39 is 5.97 Å². The molecule has 0 radical (unpaired) electrons. The van der Waals surface area contributed by atoms with Gasteiger partial charge in [0.25, 0.3) is 0 Å². The number of nitrogens with one attached hydrogen (secondary N) is 1. The van der Waals surface area contributed by atoms with Crippen molar-refractivity contribution in [1.82, 2.24) is 5.32 Å². The molecule has 1 saturated carbocycles. The number of hydrogen-bond donors (Lipinski definition) is 2. The fraction of sp³-hybridized carbons (Fsp3) is 0.929. The van der Waals surface area contributed by atoms with E-state index in [1.807, 2.05) is 6.92 Å². The molecule has 3 nitrogen and oxygen atoms in total. The van der Waals surface area contributed by atoms with Crippen molar-refractivity contribution < 1.29 is 9.90 Å². The first-order valence-corrected chi connectivity index (χ1v) is 6.57. The summed E-state index contributed by atoms with van der Waals surface area (Å²) in [6, 6.07) is 0.505. The molecule has 100 valence electrons. The largest absolute Gasteiger partial charge is 0.481 e. The van der Waals surface area contributed by atoms with E-state index in [1.165, 1.54) is 6.42 Å². The van der Waals surface area contributed by atoms with Gasteiger partial charge < -0.3 is 10.4 Å². The van der Waals surface area contributed by atoms with Gasteiger partial charge in [0.2, 0.25) is 0 Å². The van der Waals surface area contributed by atoms with Crippen molar-refractivity contribution in [1.29, 1.82) is 0 Å². The minimum Gasteiger partial charge on any atom is -0.481 e. The van der Waals surface area contributed by atoms with Gasteiger partial charge in [-0.15, -0.1) is 0 Å². The lowest BCUT2D eigenvalue weighted by molar-refractivity contribution is -0.137. The quantitative estimate of drug-likeness (QED) is 0.795. The SMILES string of the molecule is CC(CC(=O)O)NC1CC(C)(C)CC(C)(C)C1. The first-order chi connectivity index (χ1) is 7.60. The maximum Gasteiger partial charge on any atom is 0.304 e. The number of rotatable bonds is 4. The van der Waals surface area contributed by atoms with Crippen molar-refractivity contribution in [2.45, 2.75) is 72.4 Å². The molecule has 0 aromatic heterocycles. The van der Waals surface area contributed by atoms with Gasteiger partial charge in [0.1, 0.15) is 0 Å². The molecule has 0 aromatic rings. The van der Waals surface area contributed by atoms with Crippen LogP contribution in [0, 0.1) is 10.8 Å². The van der Waals surface area contributed by atoms with Crippen LogP contribution in [0.2, 0.25) is 0 Å². The molecule has 1 aliphatic carbocycles. The summed E-state index contributed by atoms with van der Waals surface area (Å²) in [5.41, 5.74) is 0.699. The van der Waals surface area contributed by atoms with Crippen molar-refractivity contribution in [3.8, 4) is 0 Å². The Bertz CT molecular complexity index is 268. The molecular weight excluding hydrogens is 214 g/mol. The third kappa shape index (κ3) is 5.07. The van der Waals surface area contributed by atoms with Gasteiger partial charge in [-0.3, -0.25) is 4.79 Å². The van der Waals surface area contributed by atoms with Crippen LogP contribution in [0.5, 0.6) is 0 Å². The van der Waals surface area contributed by atoms with Crippen LogP contribution in [-0.4, -0.2) is 23.2 Å². The molecule has 0 heterocycles. The molecular formula is C14H27NO2. The second-order valence-electron chi connectivity index (χ2n) is 7.28. The fourth-order valence-electron chi connectivity index (χ4n) is 3.69. The summed E-state index contributed by atoms with van der Waals surface area (Å²) >= 11 is 0. The normalized spacial score (nSPS) is 25.5. The van der Waals surface area contributed by atoms with Crippen molar-refractivity contribution in [3.63, 3.8) is 0 Å². The Hall–Kier alpha value is -0.570. The highest BCUT2D eigenvalue weighted by atomic mass is 16.4. The molecule has 0 saturated heterocycles. The summed E-state index contributed by atoms with van der Waals surface area (Å²) in [5.74, 6) is -0.723. The van der Waals surface area contributed by atoms with E-state index in [0.29, 0.717) is 16.9 Å². The average molecular weight is 241 g/mol. The van der Waals surface area contributed by atoms with E-state index >= 15 is 0 Å². The van der Waals surface area contributed by atoms with Crippen LogP contribution in [0.4, 0.5) is 0 Å². The van der Waals surface area contributed by atoms with Gasteiger partial charge >= 0.3 is 5.97 Å². The first-order valence-electron chi connectivity index (χ1n) is 6.57. The summed E-state index contributed by atoms with van der Waals surface area (Å²) in [4.78, 5) is 10.7. The maximum atomic E-state index is 10.7. The Morgan fingerprint density at radius 3 is 2.18 bits per heavy atom. The highest BCUT2D eigenvalue weighted by Gasteiger charge is 2.38. The van der Waals surface area contributed by atoms with E-state index in [1.54, 1.807) is 0 Å². The number of carbonyl (C=O) groups is 1. The zero-order valence-corrected chi connectivity index (χ0v) is 11.8. The highest BCUT2D eigenvalue weighted by Crippen LogP contribution is 2.45. The summed E-state index contributed by atoms with van der Waals surface area (Å²) in [6.45, 7) is 11.2. The van der Waals surface area contributed by atoms with Gasteiger partial charge in [0.05, 0.1) is 6.42 Å². The summed E-state index contributed by atoms with van der Waals surface area (Å²) in [5, 5.41) is 12.3. The van der Waals surface area contributed by atoms with Crippen molar-refractivity contribution in [3.05, 3.63) is 0 Å². The molecule has 1 unspecified atom stereocenters. The molecule has 3 heteroatoms. The molecule has 1 rings (SSSR count). The predicted octanol–water partition coefficient (Wildman–Crippen LogP) is 3.04. The maximum absolute atomic E-state index is 10.7. The van der Waals surface area contributed by atoms with E-state index in [9.17, 15) is 4.79 Å². The predicted molar refractivity (Wildman–Crippen MR) is 70.1 cm³/mol. The van der Waals surface area contributed by atoms with Crippen LogP contribution in [0.25, 0.3) is 0 Å². The number of carboxylic acids is 1. The second kappa shape index (κ2) is 4.97. The smallest absolute Gasteiger partial charge is 0.304 e. The van der Waals surface area contributed by atoms with Crippen molar-refractivity contribution in [2.75, 3.05) is 0 Å². The molecule has 0 aromatic carbocycles. The molecule has 1 aliphatic rings. The molecule has 1 atom stereocenters. The minimum absolute atomic E-state index is 0.0576. The van der Waals surface area contributed by atoms with Gasteiger partial charge in [-0.25, -0.2) is 0 Å². The van der Waals surface area contributed by atoms with Crippen LogP contribution in [0.1, 0.15) is 60.3 Å². The van der Waals surface area contributed by atoms with E-state index in [2.05, 4.69) is 33.0 Å². The van der Waals surface area contributed by atoms with E-state index in [0.717, 1.165) is 12.8 Å². The van der Waals surface area contributed by atoms with Gasteiger partial charge in [0.15, 0.2) is 0 Å². The minimum atomic E-state index is -0.723. The standard InChI is InChI=1S/C14H27NO2/c1-10(6-12(16)17)15-11-7-13(2,3)9-14(4,5)8-11/h10-11,15H,6-9H2,1-5H3,(H,16,17). The Morgan fingerprint density at radius 2 is 1.76 bits per heavy atom. The average Bonchev–Trinajstić information content (AvgIpc) is 1.93. The van der Waals surface area contributed by atoms with Crippen LogP contribution in [0.3, 0.4) is 0 Å². The molecule has 0 spiro atoms. The zero-order chi connectivity index (χ0) is 13.3. The van der Waals surface area contributed by atoms with E-state index in [4.69, 9.17) is 5.11 Å². The molecule has 0 aliphatic heterocycles. The molecule has 0 amide bonds. The Morgan fingerprint density at radius 1 is 1.29 bits per heavy atom. The van der Waals surface area contributed by atoms with Crippen LogP contribution < -0.4 is 5.32 Å². The monoisotopic (exact) mass is 241 g/mol. The van der Waals surface area contributed by atoms with Gasteiger partial charge in [-0.1, -0.05) is 27.7 Å². The van der Waals surface area contributed by atoms with Crippen molar-refractivity contribution in [2.24, 2.45) is 10.8 Å². The Labute approximate surface area is 105 Å². The fourth-order valence-corrected chi connectivity index (χ4v) is 3.69. The molecule has 17 heavy (non-hydrogen) atoms. The lowest BCUT2D eigenvalue weighted by Crippen LogP contribution is -2.47. The number of carboxylic acid groups (broad SMARTS) is 1. The number of hydrogen-bond acceptors (Lipinski definition) is 2. The van der Waals surface area contributed by atoms with Crippen LogP contribution in [0.15, 0.2) is 0 Å². The zero-order valence-electron chi connectivity index (χ0n) is 11.8. The lowest BCUT2D eigenvalue weighted by atomic mass is 9.63. The van der Waals surface area contributed by atoms with Gasteiger partial charge in [-0.2, -0.15) is 0 Å². The van der Waals surface area contributed by atoms with Gasteiger partial charge in [0, 0.05) is 12.1 Å².